The molecule has 0 unspecified atom stereocenters. The van der Waals surface area contributed by atoms with Gasteiger partial charge in [-0.05, 0) is 53.4 Å². The van der Waals surface area contributed by atoms with Gasteiger partial charge >= 0.3 is 0 Å². The Kier molecular flexibility index (Phi) is 3.42. The van der Waals surface area contributed by atoms with Crippen molar-refractivity contribution in [2.24, 2.45) is 0 Å². The number of hydrogen-bond donors (Lipinski definition) is 0. The van der Waals surface area contributed by atoms with Crippen LogP contribution in [0.1, 0.15) is 11.1 Å². The predicted molar refractivity (Wildman–Crippen MR) is 84.4 cm³/mol. The molecule has 0 amide bonds. The first-order valence-corrected chi connectivity index (χ1v) is 6.78. The Morgan fingerprint density at radius 3 is 1.81 bits per heavy atom. The zero-order valence-electron chi connectivity index (χ0n) is 11.7. The molecule has 0 aliphatic carbocycles. The molecule has 1 heteroatoms. The molecule has 3 aromatic rings. The molecule has 21 heavy (non-hydrogen) atoms. The second kappa shape index (κ2) is 5.53. The van der Waals surface area contributed by atoms with Gasteiger partial charge in [0, 0.05) is 5.56 Å². The van der Waals surface area contributed by atoms with Crippen LogP contribution in [-0.4, -0.2) is 0 Å². The van der Waals surface area contributed by atoms with Crippen molar-refractivity contribution >= 4 is 0 Å². The van der Waals surface area contributed by atoms with Crippen LogP contribution < -0.4 is 0 Å². The van der Waals surface area contributed by atoms with E-state index in [9.17, 15) is 0 Å². The molecular weight excluding hydrogens is 254 g/mol. The fourth-order valence-corrected chi connectivity index (χ4v) is 2.21. The van der Waals surface area contributed by atoms with E-state index in [0.29, 0.717) is 5.56 Å². The minimum atomic E-state index is 0.681. The van der Waals surface area contributed by atoms with Gasteiger partial charge in [-0.3, -0.25) is 0 Å². The molecule has 98 valence electrons. The van der Waals surface area contributed by atoms with Crippen molar-refractivity contribution in [2.45, 2.75) is 6.92 Å². The first-order chi connectivity index (χ1) is 10.3. The largest absolute Gasteiger partial charge is 0.192 e. The van der Waals surface area contributed by atoms with Gasteiger partial charge < -0.3 is 0 Å². The Balaban J connectivity index is 1.89. The molecule has 0 radical (unpaired) electrons. The fraction of sp³-hybridized carbons (Fsp3) is 0.0500. The number of rotatable bonds is 2. The lowest BCUT2D eigenvalue weighted by molar-refractivity contribution is 1.48. The maximum Gasteiger partial charge on any atom is 0.0991 e. The van der Waals surface area contributed by atoms with Gasteiger partial charge in [0.05, 0.1) is 11.6 Å². The fourth-order valence-electron chi connectivity index (χ4n) is 2.21. The highest BCUT2D eigenvalue weighted by molar-refractivity contribution is 5.70. The van der Waals surface area contributed by atoms with E-state index < -0.39 is 0 Å². The second-order valence-electron chi connectivity index (χ2n) is 4.95. The van der Waals surface area contributed by atoms with Gasteiger partial charge in [0.25, 0.3) is 0 Å². The molecule has 0 fully saturated rings. The maximum absolute atomic E-state index is 8.82. The van der Waals surface area contributed by atoms with Crippen molar-refractivity contribution in [1.29, 1.82) is 5.26 Å². The van der Waals surface area contributed by atoms with Crippen molar-refractivity contribution < 1.29 is 0 Å². The lowest BCUT2D eigenvalue weighted by Gasteiger charge is -2.04. The van der Waals surface area contributed by atoms with Crippen LogP contribution in [0.2, 0.25) is 0 Å². The Labute approximate surface area is 125 Å². The van der Waals surface area contributed by atoms with E-state index in [0.717, 1.165) is 27.8 Å². The van der Waals surface area contributed by atoms with Gasteiger partial charge in [-0.1, -0.05) is 48.5 Å². The van der Waals surface area contributed by atoms with Crippen molar-refractivity contribution in [3.05, 3.63) is 83.9 Å². The van der Waals surface area contributed by atoms with E-state index in [-0.39, 0.29) is 0 Å². The molecule has 0 bridgehead atoms. The molecule has 0 aliphatic rings. The summed E-state index contributed by atoms with van der Waals surface area (Å²) < 4.78 is 0. The van der Waals surface area contributed by atoms with E-state index in [1.54, 1.807) is 0 Å². The van der Waals surface area contributed by atoms with Crippen LogP contribution in [0.25, 0.3) is 22.3 Å². The summed E-state index contributed by atoms with van der Waals surface area (Å²) in [6.07, 6.45) is 0. The Morgan fingerprint density at radius 1 is 0.714 bits per heavy atom. The van der Waals surface area contributed by atoms with Crippen molar-refractivity contribution in [3.8, 4) is 28.3 Å². The predicted octanol–water partition coefficient (Wildman–Crippen LogP) is 4.80. The minimum Gasteiger partial charge on any atom is -0.192 e. The third-order valence-electron chi connectivity index (χ3n) is 3.44. The van der Waals surface area contributed by atoms with Crippen LogP contribution >= 0.6 is 0 Å². The van der Waals surface area contributed by atoms with Crippen molar-refractivity contribution in [3.63, 3.8) is 0 Å². The van der Waals surface area contributed by atoms with Gasteiger partial charge in [-0.25, -0.2) is 0 Å². The Hall–Kier alpha value is -3.03. The molecule has 0 atom stereocenters. The van der Waals surface area contributed by atoms with Crippen LogP contribution in [0.4, 0.5) is 0 Å². The summed E-state index contributed by atoms with van der Waals surface area (Å²) in [6.45, 7) is 2.01. The van der Waals surface area contributed by atoms with E-state index in [4.69, 9.17) is 5.26 Å². The average Bonchev–Trinajstić information content (AvgIpc) is 2.56. The molecule has 3 rings (SSSR count). The lowest BCUT2D eigenvalue weighted by Crippen LogP contribution is -1.81. The van der Waals surface area contributed by atoms with E-state index >= 15 is 0 Å². The molecule has 0 spiro atoms. The summed E-state index contributed by atoms with van der Waals surface area (Å²) in [5, 5.41) is 8.82. The van der Waals surface area contributed by atoms with Gasteiger partial charge in [0.2, 0.25) is 0 Å². The third-order valence-corrected chi connectivity index (χ3v) is 3.44. The maximum atomic E-state index is 8.82. The van der Waals surface area contributed by atoms with Crippen LogP contribution in [0.5, 0.6) is 0 Å². The normalized spacial score (nSPS) is 9.71. The average molecular weight is 267 g/mol. The number of nitriles is 1. The van der Waals surface area contributed by atoms with Gasteiger partial charge in [0.15, 0.2) is 0 Å². The molecule has 3 aromatic carbocycles. The van der Waals surface area contributed by atoms with Crippen LogP contribution in [-0.2, 0) is 0 Å². The topological polar surface area (TPSA) is 23.8 Å². The molecule has 1 nitrogen and oxygen atoms in total. The van der Waals surface area contributed by atoms with E-state index in [1.807, 2.05) is 37.3 Å². The monoisotopic (exact) mass is 267 g/mol. The van der Waals surface area contributed by atoms with E-state index in [2.05, 4.69) is 48.5 Å². The van der Waals surface area contributed by atoms with Crippen LogP contribution in [0.3, 0.4) is 0 Å². The first-order valence-electron chi connectivity index (χ1n) is 6.78. The molecule has 0 saturated heterocycles. The lowest BCUT2D eigenvalue weighted by atomic mass is 10.00. The Morgan fingerprint density at radius 2 is 1.29 bits per heavy atom. The SMILES string of the molecule is Cc1c#cc(-c2ccc(-c3ccc(C#N)cc3)cc2)cc1. The van der Waals surface area contributed by atoms with Crippen molar-refractivity contribution in [1.82, 2.24) is 0 Å². The molecule has 0 aromatic heterocycles. The summed E-state index contributed by atoms with van der Waals surface area (Å²) in [7, 11) is 0. The summed E-state index contributed by atoms with van der Waals surface area (Å²) in [4.78, 5) is 0. The number of benzene rings is 2. The third kappa shape index (κ3) is 2.78. The number of hydrogen-bond acceptors (Lipinski definition) is 1. The second-order valence-corrected chi connectivity index (χ2v) is 4.95. The van der Waals surface area contributed by atoms with Crippen molar-refractivity contribution in [2.75, 3.05) is 0 Å². The highest BCUT2D eigenvalue weighted by atomic mass is 14.2. The molecule has 0 aliphatic heterocycles. The summed E-state index contributed by atoms with van der Waals surface area (Å²) >= 11 is 0. The number of aryl methyl sites for hydroxylation is 1. The van der Waals surface area contributed by atoms with Gasteiger partial charge in [-0.15, -0.1) is 0 Å². The standard InChI is InChI=1S/C20H13N/c1-15-2-6-17(7-3-15)19-10-12-20(13-11-19)18-8-4-16(14-21)5-9-18/h2,4-6,8-13H,1H3. The minimum absolute atomic E-state index is 0.681. The van der Waals surface area contributed by atoms with Gasteiger partial charge in [0.1, 0.15) is 0 Å². The van der Waals surface area contributed by atoms with E-state index in [1.165, 1.54) is 0 Å². The highest BCUT2D eigenvalue weighted by Gasteiger charge is 2.00. The Bertz CT molecular complexity index is 773. The zero-order valence-corrected chi connectivity index (χ0v) is 11.7. The molecule has 0 N–H and O–H groups in total. The summed E-state index contributed by atoms with van der Waals surface area (Å²) in [5.41, 5.74) is 6.20. The van der Waals surface area contributed by atoms with Crippen LogP contribution in [0.15, 0.2) is 60.7 Å². The molecule has 0 saturated carbocycles. The van der Waals surface area contributed by atoms with Gasteiger partial charge in [-0.2, -0.15) is 5.26 Å². The quantitative estimate of drug-likeness (QED) is 0.654. The zero-order chi connectivity index (χ0) is 14.7. The number of nitrogens with zero attached hydrogens (tertiary/aromatic N) is 1. The molecule has 0 heterocycles. The summed E-state index contributed by atoms with van der Waals surface area (Å²) in [6, 6.07) is 28.5. The molecular formula is C20H13N. The van der Waals surface area contributed by atoms with Crippen LogP contribution in [0, 0.1) is 30.4 Å². The smallest absolute Gasteiger partial charge is 0.0991 e. The first kappa shape index (κ1) is 13.0. The highest BCUT2D eigenvalue weighted by Crippen LogP contribution is 2.24. The summed E-state index contributed by atoms with van der Waals surface area (Å²) in [5.74, 6) is 0.